The fraction of sp³-hybridized carbons (Fsp3) is 0.333. The normalized spacial score (nSPS) is 11.7. The first-order valence-corrected chi connectivity index (χ1v) is 5.40. The Morgan fingerprint density at radius 3 is 2.56 bits per heavy atom. The van der Waals surface area contributed by atoms with Gasteiger partial charge in [0.15, 0.2) is 11.5 Å². The first kappa shape index (κ1) is 13.8. The number of hydrogen-bond donors (Lipinski definition) is 3. The Hall–Kier alpha value is -2.24. The number of phenols is 1. The lowest BCUT2D eigenvalue weighted by molar-refractivity contribution is -0.139. The van der Waals surface area contributed by atoms with Gasteiger partial charge in [-0.05, 0) is 24.6 Å². The molecule has 3 N–H and O–H groups in total. The Balaban J connectivity index is 2.84. The average Bonchev–Trinajstić information content (AvgIpc) is 2.35. The van der Waals surface area contributed by atoms with Crippen LogP contribution in [0.25, 0.3) is 0 Å². The lowest BCUT2D eigenvalue weighted by Crippen LogP contribution is -2.40. The summed E-state index contributed by atoms with van der Waals surface area (Å²) in [5.41, 5.74) is 0.174. The monoisotopic (exact) mass is 253 g/mol. The molecule has 0 spiro atoms. The molecule has 0 aliphatic heterocycles. The fourth-order valence-corrected chi connectivity index (χ4v) is 1.41. The Kier molecular flexibility index (Phi) is 4.53. The second kappa shape index (κ2) is 5.90. The molecule has 1 rings (SSSR count). The molecule has 0 saturated heterocycles. The number of ether oxygens (including phenoxy) is 1. The number of phenolic OH excluding ortho intramolecular Hbond substituents is 1. The zero-order valence-corrected chi connectivity index (χ0v) is 10.1. The van der Waals surface area contributed by atoms with Crippen LogP contribution in [0.1, 0.15) is 23.7 Å². The van der Waals surface area contributed by atoms with Crippen molar-refractivity contribution in [3.05, 3.63) is 23.8 Å². The van der Waals surface area contributed by atoms with Crippen LogP contribution in [0.5, 0.6) is 11.5 Å². The second-order valence-electron chi connectivity index (χ2n) is 3.66. The van der Waals surface area contributed by atoms with E-state index in [4.69, 9.17) is 9.84 Å². The molecule has 0 aliphatic rings. The van der Waals surface area contributed by atoms with E-state index in [1.807, 2.05) is 0 Å². The van der Waals surface area contributed by atoms with E-state index in [9.17, 15) is 14.7 Å². The number of aromatic hydroxyl groups is 1. The van der Waals surface area contributed by atoms with E-state index in [0.29, 0.717) is 0 Å². The highest BCUT2D eigenvalue weighted by molar-refractivity contribution is 5.97. The molecule has 1 amide bonds. The number of carboxylic acids is 1. The third-order valence-corrected chi connectivity index (χ3v) is 2.45. The summed E-state index contributed by atoms with van der Waals surface area (Å²) in [5, 5.41) is 20.7. The molecule has 1 atom stereocenters. The molecule has 0 unspecified atom stereocenters. The predicted molar refractivity (Wildman–Crippen MR) is 63.8 cm³/mol. The molecule has 0 fully saturated rings. The van der Waals surface area contributed by atoms with Crippen molar-refractivity contribution in [2.24, 2.45) is 0 Å². The van der Waals surface area contributed by atoms with Crippen LogP contribution in [0.3, 0.4) is 0 Å². The van der Waals surface area contributed by atoms with Gasteiger partial charge >= 0.3 is 5.97 Å². The van der Waals surface area contributed by atoms with Gasteiger partial charge in [-0.25, -0.2) is 4.79 Å². The van der Waals surface area contributed by atoms with Crippen LogP contribution >= 0.6 is 0 Å². The third-order valence-electron chi connectivity index (χ3n) is 2.45. The highest BCUT2D eigenvalue weighted by Crippen LogP contribution is 2.26. The van der Waals surface area contributed by atoms with Crippen LogP contribution in [0.15, 0.2) is 18.2 Å². The van der Waals surface area contributed by atoms with Crippen molar-refractivity contribution in [3.8, 4) is 11.5 Å². The lowest BCUT2D eigenvalue weighted by atomic mass is 10.1. The number of hydrogen-bond acceptors (Lipinski definition) is 4. The van der Waals surface area contributed by atoms with E-state index in [-0.39, 0.29) is 23.5 Å². The van der Waals surface area contributed by atoms with Gasteiger partial charge in [0.2, 0.25) is 0 Å². The van der Waals surface area contributed by atoms with E-state index >= 15 is 0 Å². The first-order valence-electron chi connectivity index (χ1n) is 5.40. The molecular formula is C12H15NO5. The Labute approximate surface area is 104 Å². The molecule has 0 bridgehead atoms. The van der Waals surface area contributed by atoms with Crippen molar-refractivity contribution in [2.45, 2.75) is 19.4 Å². The van der Waals surface area contributed by atoms with Gasteiger partial charge in [-0.15, -0.1) is 0 Å². The summed E-state index contributed by atoms with van der Waals surface area (Å²) in [6.45, 7) is 1.66. The summed E-state index contributed by atoms with van der Waals surface area (Å²) in [6, 6.07) is 3.17. The van der Waals surface area contributed by atoms with Gasteiger partial charge in [-0.1, -0.05) is 6.92 Å². The van der Waals surface area contributed by atoms with Gasteiger partial charge in [0.25, 0.3) is 5.91 Å². The number of aliphatic carboxylic acids is 1. The summed E-state index contributed by atoms with van der Waals surface area (Å²) in [4.78, 5) is 22.5. The van der Waals surface area contributed by atoms with E-state index in [1.165, 1.54) is 25.3 Å². The minimum Gasteiger partial charge on any atom is -0.504 e. The summed E-state index contributed by atoms with van der Waals surface area (Å²) in [7, 11) is 1.40. The lowest BCUT2D eigenvalue weighted by Gasteiger charge is -2.12. The zero-order chi connectivity index (χ0) is 13.7. The summed E-state index contributed by atoms with van der Waals surface area (Å²) >= 11 is 0. The van der Waals surface area contributed by atoms with Gasteiger partial charge in [-0.3, -0.25) is 4.79 Å². The van der Waals surface area contributed by atoms with Crippen LogP contribution in [0, 0.1) is 0 Å². The quantitative estimate of drug-likeness (QED) is 0.727. The van der Waals surface area contributed by atoms with Crippen molar-refractivity contribution in [2.75, 3.05) is 7.11 Å². The third kappa shape index (κ3) is 3.13. The number of nitrogens with one attached hydrogen (secondary N) is 1. The number of carbonyl (C=O) groups excluding carboxylic acids is 1. The maximum atomic E-state index is 11.7. The van der Waals surface area contributed by atoms with Gasteiger partial charge in [-0.2, -0.15) is 0 Å². The van der Waals surface area contributed by atoms with Crippen molar-refractivity contribution >= 4 is 11.9 Å². The fourth-order valence-electron chi connectivity index (χ4n) is 1.41. The van der Waals surface area contributed by atoms with Crippen molar-refractivity contribution in [3.63, 3.8) is 0 Å². The number of methoxy groups -OCH3 is 1. The molecule has 98 valence electrons. The number of carboxylic acid groups (broad SMARTS) is 1. The van der Waals surface area contributed by atoms with Crippen molar-refractivity contribution < 1.29 is 24.5 Å². The first-order chi connectivity index (χ1) is 8.49. The molecule has 1 aromatic carbocycles. The zero-order valence-electron chi connectivity index (χ0n) is 10.1. The standard InChI is InChI=1S/C12H15NO5/c1-3-8(12(16)17)13-11(15)7-4-5-10(18-2)9(14)6-7/h4-6,8,14H,3H2,1-2H3,(H,13,15)(H,16,17)/t8-/m1/s1. The minimum absolute atomic E-state index is 0.173. The molecule has 0 aromatic heterocycles. The van der Waals surface area contributed by atoms with Gasteiger partial charge in [0.05, 0.1) is 7.11 Å². The maximum Gasteiger partial charge on any atom is 0.326 e. The molecule has 18 heavy (non-hydrogen) atoms. The molecule has 0 heterocycles. The maximum absolute atomic E-state index is 11.7. The van der Waals surface area contributed by atoms with Gasteiger partial charge in [0.1, 0.15) is 6.04 Å². The number of rotatable bonds is 5. The van der Waals surface area contributed by atoms with Crippen molar-refractivity contribution in [1.29, 1.82) is 0 Å². The smallest absolute Gasteiger partial charge is 0.326 e. The molecule has 0 saturated carbocycles. The summed E-state index contributed by atoms with van der Waals surface area (Å²) in [6.07, 6.45) is 0.281. The Morgan fingerprint density at radius 1 is 1.44 bits per heavy atom. The van der Waals surface area contributed by atoms with Crippen LogP contribution in [-0.2, 0) is 4.79 Å². The molecule has 6 nitrogen and oxygen atoms in total. The minimum atomic E-state index is -1.09. The average molecular weight is 253 g/mol. The van der Waals surface area contributed by atoms with Gasteiger partial charge in [0, 0.05) is 5.56 Å². The van der Waals surface area contributed by atoms with E-state index < -0.39 is 17.9 Å². The number of benzene rings is 1. The SMILES string of the molecule is CC[C@@H](NC(=O)c1ccc(OC)c(O)c1)C(=O)O. The molecule has 6 heteroatoms. The topological polar surface area (TPSA) is 95.9 Å². The predicted octanol–water partition coefficient (Wildman–Crippen LogP) is 0.994. The summed E-state index contributed by atoms with van der Waals surface area (Å²) < 4.78 is 4.84. The highest BCUT2D eigenvalue weighted by atomic mass is 16.5. The molecule has 1 aromatic rings. The molecule has 0 radical (unpaired) electrons. The van der Waals surface area contributed by atoms with Crippen LogP contribution in [-0.4, -0.2) is 35.2 Å². The largest absolute Gasteiger partial charge is 0.504 e. The second-order valence-corrected chi connectivity index (χ2v) is 3.66. The van der Waals surface area contributed by atoms with E-state index in [2.05, 4.69) is 5.32 Å². The van der Waals surface area contributed by atoms with E-state index in [1.54, 1.807) is 6.92 Å². The summed E-state index contributed by atoms with van der Waals surface area (Å²) in [5.74, 6) is -1.57. The number of amides is 1. The van der Waals surface area contributed by atoms with Crippen molar-refractivity contribution in [1.82, 2.24) is 5.32 Å². The molecular weight excluding hydrogens is 238 g/mol. The molecule has 0 aliphatic carbocycles. The van der Waals surface area contributed by atoms with Gasteiger partial charge < -0.3 is 20.3 Å². The van der Waals surface area contributed by atoms with E-state index in [0.717, 1.165) is 0 Å². The van der Waals surface area contributed by atoms with Crippen LogP contribution in [0.4, 0.5) is 0 Å². The highest BCUT2D eigenvalue weighted by Gasteiger charge is 2.19. The van der Waals surface area contributed by atoms with Crippen LogP contribution < -0.4 is 10.1 Å². The Bertz CT molecular complexity index is 458. The van der Waals surface area contributed by atoms with Crippen LogP contribution in [0.2, 0.25) is 0 Å². The number of carbonyl (C=O) groups is 2. The Morgan fingerprint density at radius 2 is 2.11 bits per heavy atom.